The number of aromatic nitrogens is 1. The van der Waals surface area contributed by atoms with Gasteiger partial charge in [0.25, 0.3) is 5.91 Å². The summed E-state index contributed by atoms with van der Waals surface area (Å²) in [5, 5.41) is 11.4. The third kappa shape index (κ3) is 3.85. The summed E-state index contributed by atoms with van der Waals surface area (Å²) in [7, 11) is 0. The standard InChI is InChI=1S/C11H12Cl2N2O3/c1-2-3-7(11(17)18)14-10(16)6-4-5-8(12)15-9(6)13/h4-5,7H,2-3H2,1H3,(H,14,16)(H,17,18). The molecule has 1 heterocycles. The zero-order chi connectivity index (χ0) is 13.7. The lowest BCUT2D eigenvalue weighted by Gasteiger charge is -2.13. The first-order valence-corrected chi connectivity index (χ1v) is 6.07. The second-order valence-electron chi connectivity index (χ2n) is 3.63. The van der Waals surface area contributed by atoms with Crippen LogP contribution in [0.4, 0.5) is 0 Å². The van der Waals surface area contributed by atoms with Gasteiger partial charge >= 0.3 is 5.97 Å². The minimum atomic E-state index is -1.08. The monoisotopic (exact) mass is 290 g/mol. The molecule has 0 spiro atoms. The number of carbonyl (C=O) groups is 2. The Hall–Kier alpha value is -1.33. The molecule has 0 saturated carbocycles. The summed E-state index contributed by atoms with van der Waals surface area (Å²) < 4.78 is 0. The van der Waals surface area contributed by atoms with Crippen LogP contribution in [0.5, 0.6) is 0 Å². The first-order valence-electron chi connectivity index (χ1n) is 5.31. The van der Waals surface area contributed by atoms with Crippen LogP contribution in [0.15, 0.2) is 12.1 Å². The lowest BCUT2D eigenvalue weighted by atomic mass is 10.1. The Bertz CT molecular complexity index is 466. The molecule has 0 bridgehead atoms. The van der Waals surface area contributed by atoms with E-state index >= 15 is 0 Å². The predicted molar refractivity (Wildman–Crippen MR) is 68.1 cm³/mol. The van der Waals surface area contributed by atoms with E-state index in [1.807, 2.05) is 6.92 Å². The molecule has 0 fully saturated rings. The normalized spacial score (nSPS) is 11.9. The van der Waals surface area contributed by atoms with Crippen LogP contribution in [0.2, 0.25) is 10.3 Å². The highest BCUT2D eigenvalue weighted by atomic mass is 35.5. The van der Waals surface area contributed by atoms with E-state index in [-0.39, 0.29) is 15.9 Å². The Morgan fingerprint density at radius 1 is 1.44 bits per heavy atom. The van der Waals surface area contributed by atoms with E-state index in [0.29, 0.717) is 12.8 Å². The van der Waals surface area contributed by atoms with Crippen molar-refractivity contribution >= 4 is 35.1 Å². The first-order chi connectivity index (χ1) is 8.45. The van der Waals surface area contributed by atoms with E-state index in [0.717, 1.165) is 0 Å². The molecule has 0 aliphatic rings. The Labute approximate surface area is 114 Å². The molecule has 7 heteroatoms. The predicted octanol–water partition coefficient (Wildman–Crippen LogP) is 2.37. The molecule has 2 N–H and O–H groups in total. The highest BCUT2D eigenvalue weighted by Crippen LogP contribution is 2.16. The summed E-state index contributed by atoms with van der Waals surface area (Å²) in [5.74, 6) is -1.66. The van der Waals surface area contributed by atoms with E-state index in [9.17, 15) is 9.59 Å². The van der Waals surface area contributed by atoms with Crippen LogP contribution in [0.25, 0.3) is 0 Å². The van der Waals surface area contributed by atoms with E-state index in [4.69, 9.17) is 28.3 Å². The van der Waals surface area contributed by atoms with Gasteiger partial charge in [-0.25, -0.2) is 9.78 Å². The highest BCUT2D eigenvalue weighted by molar-refractivity contribution is 6.34. The molecule has 0 radical (unpaired) electrons. The van der Waals surface area contributed by atoms with E-state index in [1.165, 1.54) is 12.1 Å². The van der Waals surface area contributed by atoms with Crippen molar-refractivity contribution in [2.75, 3.05) is 0 Å². The number of amides is 1. The zero-order valence-corrected chi connectivity index (χ0v) is 11.1. The van der Waals surface area contributed by atoms with Crippen LogP contribution in [-0.2, 0) is 4.79 Å². The minimum Gasteiger partial charge on any atom is -0.480 e. The lowest BCUT2D eigenvalue weighted by Crippen LogP contribution is -2.40. The number of halogens is 2. The molecular formula is C11H12Cl2N2O3. The molecule has 0 aromatic carbocycles. The molecule has 0 aliphatic carbocycles. The number of aliphatic carboxylic acids is 1. The van der Waals surface area contributed by atoms with Gasteiger partial charge in [-0.05, 0) is 18.6 Å². The second kappa shape index (κ2) is 6.56. The van der Waals surface area contributed by atoms with Crippen molar-refractivity contribution in [1.82, 2.24) is 10.3 Å². The largest absolute Gasteiger partial charge is 0.480 e. The van der Waals surface area contributed by atoms with Gasteiger partial charge in [0.2, 0.25) is 0 Å². The molecule has 1 aromatic heterocycles. The molecular weight excluding hydrogens is 279 g/mol. The fraction of sp³-hybridized carbons (Fsp3) is 0.364. The molecule has 1 rings (SSSR count). The maximum Gasteiger partial charge on any atom is 0.326 e. The van der Waals surface area contributed by atoms with Crippen molar-refractivity contribution in [2.24, 2.45) is 0 Å². The number of hydrogen-bond acceptors (Lipinski definition) is 3. The molecule has 0 aliphatic heterocycles. The molecule has 1 amide bonds. The van der Waals surface area contributed by atoms with Crippen LogP contribution in [0, 0.1) is 0 Å². The van der Waals surface area contributed by atoms with Crippen molar-refractivity contribution in [3.63, 3.8) is 0 Å². The fourth-order valence-electron chi connectivity index (χ4n) is 1.36. The molecule has 5 nitrogen and oxygen atoms in total. The fourth-order valence-corrected chi connectivity index (χ4v) is 1.79. The topological polar surface area (TPSA) is 79.3 Å². The second-order valence-corrected chi connectivity index (χ2v) is 4.37. The maximum atomic E-state index is 11.8. The molecule has 98 valence electrons. The van der Waals surface area contributed by atoms with Gasteiger partial charge in [-0.3, -0.25) is 4.79 Å². The number of carboxylic acid groups (broad SMARTS) is 1. The lowest BCUT2D eigenvalue weighted by molar-refractivity contribution is -0.139. The Morgan fingerprint density at radius 2 is 2.11 bits per heavy atom. The van der Waals surface area contributed by atoms with Gasteiger partial charge < -0.3 is 10.4 Å². The van der Waals surface area contributed by atoms with Crippen LogP contribution >= 0.6 is 23.2 Å². The molecule has 0 saturated heterocycles. The molecule has 1 unspecified atom stereocenters. The van der Waals surface area contributed by atoms with Gasteiger partial charge in [0.1, 0.15) is 16.3 Å². The summed E-state index contributed by atoms with van der Waals surface area (Å²) in [5.41, 5.74) is 0.100. The summed E-state index contributed by atoms with van der Waals surface area (Å²) in [6.07, 6.45) is 0.990. The Kier molecular flexibility index (Phi) is 5.37. The number of carboxylic acids is 1. The van der Waals surface area contributed by atoms with Crippen LogP contribution < -0.4 is 5.32 Å². The maximum absolute atomic E-state index is 11.8. The molecule has 1 atom stereocenters. The van der Waals surface area contributed by atoms with Crippen molar-refractivity contribution in [3.05, 3.63) is 28.0 Å². The van der Waals surface area contributed by atoms with Gasteiger partial charge in [-0.1, -0.05) is 36.5 Å². The summed E-state index contributed by atoms with van der Waals surface area (Å²) in [6, 6.07) is 1.88. The summed E-state index contributed by atoms with van der Waals surface area (Å²) in [6.45, 7) is 1.83. The third-order valence-electron chi connectivity index (χ3n) is 2.24. The van der Waals surface area contributed by atoms with Crippen molar-refractivity contribution in [3.8, 4) is 0 Å². The first kappa shape index (κ1) is 14.7. The van der Waals surface area contributed by atoms with Crippen LogP contribution in [-0.4, -0.2) is 28.0 Å². The third-order valence-corrected chi connectivity index (χ3v) is 2.74. The van der Waals surface area contributed by atoms with Gasteiger partial charge in [0.15, 0.2) is 0 Å². The number of pyridine rings is 1. The quantitative estimate of drug-likeness (QED) is 0.816. The van der Waals surface area contributed by atoms with Gasteiger partial charge in [0.05, 0.1) is 5.56 Å². The van der Waals surface area contributed by atoms with Crippen LogP contribution in [0.1, 0.15) is 30.1 Å². The highest BCUT2D eigenvalue weighted by Gasteiger charge is 2.21. The number of hydrogen-bond donors (Lipinski definition) is 2. The van der Waals surface area contributed by atoms with E-state index in [2.05, 4.69) is 10.3 Å². The van der Waals surface area contributed by atoms with Crippen molar-refractivity contribution < 1.29 is 14.7 Å². The number of nitrogens with zero attached hydrogens (tertiary/aromatic N) is 1. The Morgan fingerprint density at radius 3 is 2.61 bits per heavy atom. The molecule has 18 heavy (non-hydrogen) atoms. The van der Waals surface area contributed by atoms with E-state index in [1.54, 1.807) is 0 Å². The van der Waals surface area contributed by atoms with Gasteiger partial charge in [-0.2, -0.15) is 0 Å². The van der Waals surface area contributed by atoms with Crippen molar-refractivity contribution in [2.45, 2.75) is 25.8 Å². The Balaban J connectivity index is 2.83. The SMILES string of the molecule is CCCC(NC(=O)c1ccc(Cl)nc1Cl)C(=O)O. The average molecular weight is 291 g/mol. The average Bonchev–Trinajstić information content (AvgIpc) is 2.27. The number of carbonyl (C=O) groups excluding carboxylic acids is 1. The van der Waals surface area contributed by atoms with E-state index < -0.39 is 17.9 Å². The van der Waals surface area contributed by atoms with Crippen molar-refractivity contribution in [1.29, 1.82) is 0 Å². The van der Waals surface area contributed by atoms with Crippen LogP contribution in [0.3, 0.4) is 0 Å². The van der Waals surface area contributed by atoms with Gasteiger partial charge in [-0.15, -0.1) is 0 Å². The number of rotatable bonds is 5. The summed E-state index contributed by atoms with van der Waals surface area (Å²) >= 11 is 11.4. The molecule has 1 aromatic rings. The smallest absolute Gasteiger partial charge is 0.326 e. The summed E-state index contributed by atoms with van der Waals surface area (Å²) in [4.78, 5) is 26.5. The number of nitrogens with one attached hydrogen (secondary N) is 1. The van der Waals surface area contributed by atoms with Gasteiger partial charge in [0, 0.05) is 0 Å². The zero-order valence-electron chi connectivity index (χ0n) is 9.61. The minimum absolute atomic E-state index is 0.0550.